The van der Waals surface area contributed by atoms with Gasteiger partial charge in [-0.2, -0.15) is 0 Å². The summed E-state index contributed by atoms with van der Waals surface area (Å²) in [5, 5.41) is 3.32. The third-order valence-electron chi connectivity index (χ3n) is 2.25. The molecule has 1 aliphatic rings. The van der Waals surface area contributed by atoms with E-state index in [-0.39, 0.29) is 7.34 Å². The summed E-state index contributed by atoms with van der Waals surface area (Å²) in [6.45, 7) is 5.03. The van der Waals surface area contributed by atoms with Gasteiger partial charge in [0, 0.05) is 19.8 Å². The highest BCUT2D eigenvalue weighted by atomic mass is 16.1. The van der Waals surface area contributed by atoms with Crippen LogP contribution in [-0.4, -0.2) is 18.4 Å². The molecule has 0 aromatic carbocycles. The van der Waals surface area contributed by atoms with Gasteiger partial charge in [-0.3, -0.25) is 4.79 Å². The predicted octanol–water partition coefficient (Wildman–Crippen LogP) is 1.60. The maximum atomic E-state index is 11.3. The van der Waals surface area contributed by atoms with E-state index in [0.717, 1.165) is 13.0 Å². The molecule has 0 bridgehead atoms. The highest BCUT2D eigenvalue weighted by molar-refractivity contribution is 5.80. The maximum Gasteiger partial charge on any atom is 0.136 e. The molecule has 1 saturated heterocycles. The van der Waals surface area contributed by atoms with Gasteiger partial charge < -0.3 is 5.32 Å². The summed E-state index contributed by atoms with van der Waals surface area (Å²) < 4.78 is 0. The van der Waals surface area contributed by atoms with E-state index in [2.05, 4.69) is 5.32 Å². The number of carbonyl (C=O) groups excluding carboxylic acids is 1. The highest BCUT2D eigenvalue weighted by Gasteiger charge is 2.18. The van der Waals surface area contributed by atoms with E-state index in [4.69, 9.17) is 0 Å². The minimum atomic E-state index is 0. The van der Waals surface area contributed by atoms with E-state index >= 15 is 0 Å². The fourth-order valence-electron chi connectivity index (χ4n) is 1.41. The number of hydrogen-bond acceptors (Lipinski definition) is 2. The van der Waals surface area contributed by atoms with Crippen LogP contribution in [0.15, 0.2) is 0 Å². The Balaban J connectivity index is 0.00000121. The molecule has 0 radical (unpaired) electrons. The summed E-state index contributed by atoms with van der Waals surface area (Å²) in [5.74, 6) is 0.599. The molecule has 2 heteroatoms. The van der Waals surface area contributed by atoms with Gasteiger partial charge in [0.25, 0.3) is 0 Å². The van der Waals surface area contributed by atoms with Crippen molar-refractivity contribution in [3.05, 3.63) is 0 Å². The van der Waals surface area contributed by atoms with Crippen LogP contribution in [0.2, 0.25) is 0 Å². The Morgan fingerprint density at radius 3 is 2.91 bits per heavy atom. The van der Waals surface area contributed by atoms with Crippen molar-refractivity contribution in [3.63, 3.8) is 0 Å². The fourth-order valence-corrected chi connectivity index (χ4v) is 1.41. The van der Waals surface area contributed by atoms with E-state index in [0.29, 0.717) is 11.8 Å². The Morgan fingerprint density at radius 2 is 2.45 bits per heavy atom. The summed E-state index contributed by atoms with van der Waals surface area (Å²) in [7, 11) is 0. The first-order valence-electron chi connectivity index (χ1n) is 4.46. The zero-order valence-corrected chi connectivity index (χ0v) is 7.39. The van der Waals surface area contributed by atoms with Gasteiger partial charge in [-0.05, 0) is 19.4 Å². The van der Waals surface area contributed by atoms with Crippen molar-refractivity contribution in [1.82, 2.24) is 5.32 Å². The van der Waals surface area contributed by atoms with Gasteiger partial charge in [-0.15, -0.1) is 0 Å². The van der Waals surface area contributed by atoms with Crippen molar-refractivity contribution in [2.75, 3.05) is 6.54 Å². The summed E-state index contributed by atoms with van der Waals surface area (Å²) in [6, 6.07) is 0.477. The predicted molar refractivity (Wildman–Crippen MR) is 47.6 cm³/mol. The summed E-state index contributed by atoms with van der Waals surface area (Å²) >= 11 is 0. The lowest BCUT2D eigenvalue weighted by Gasteiger charge is -2.10. The molecular formula is C9H19NO. The summed E-state index contributed by atoms with van der Waals surface area (Å²) in [6.07, 6.45) is 3.15. The Bertz CT molecular complexity index is 141. The highest BCUT2D eigenvalue weighted by Crippen LogP contribution is 2.11. The van der Waals surface area contributed by atoms with Gasteiger partial charge in [-0.1, -0.05) is 13.8 Å². The van der Waals surface area contributed by atoms with Crippen LogP contribution in [0.5, 0.6) is 0 Å². The largest absolute Gasteiger partial charge is 0.314 e. The quantitative estimate of drug-likeness (QED) is 0.674. The molecule has 0 amide bonds. The SMILES string of the molecule is CC(C)C(=O)CC1CCCN1.[HH]. The standard InChI is InChI=1S/C9H17NO.H2/c1-7(2)9(11)6-8-4-3-5-10-8;/h7-8,10H,3-6H2,1-2H3;1H. The number of hydrogen-bond donors (Lipinski definition) is 1. The molecule has 0 spiro atoms. The fraction of sp³-hybridized carbons (Fsp3) is 0.889. The number of nitrogens with one attached hydrogen (secondary N) is 1. The number of ketones is 1. The Labute approximate surface area is 69.8 Å². The third-order valence-corrected chi connectivity index (χ3v) is 2.25. The van der Waals surface area contributed by atoms with Crippen LogP contribution in [0.3, 0.4) is 0 Å². The van der Waals surface area contributed by atoms with Crippen LogP contribution in [0.25, 0.3) is 0 Å². The van der Waals surface area contributed by atoms with Crippen LogP contribution in [-0.2, 0) is 4.79 Å². The lowest BCUT2D eigenvalue weighted by molar-refractivity contribution is -0.122. The Morgan fingerprint density at radius 1 is 1.73 bits per heavy atom. The van der Waals surface area contributed by atoms with E-state index in [9.17, 15) is 4.79 Å². The smallest absolute Gasteiger partial charge is 0.136 e. The molecule has 0 saturated carbocycles. The van der Waals surface area contributed by atoms with Crippen molar-refractivity contribution in [3.8, 4) is 0 Å². The Hall–Kier alpha value is -0.370. The molecular weight excluding hydrogens is 138 g/mol. The van der Waals surface area contributed by atoms with Crippen LogP contribution in [0.4, 0.5) is 0 Å². The molecule has 1 rings (SSSR count). The number of carbonyl (C=O) groups is 1. The minimum Gasteiger partial charge on any atom is -0.314 e. The minimum absolute atomic E-state index is 0. The van der Waals surface area contributed by atoms with Crippen molar-refractivity contribution in [2.24, 2.45) is 5.92 Å². The van der Waals surface area contributed by atoms with Crippen molar-refractivity contribution >= 4 is 5.78 Å². The van der Waals surface area contributed by atoms with Crippen molar-refractivity contribution < 1.29 is 6.22 Å². The van der Waals surface area contributed by atoms with Crippen molar-refractivity contribution in [2.45, 2.75) is 39.2 Å². The van der Waals surface area contributed by atoms with E-state index in [1.807, 2.05) is 13.8 Å². The number of rotatable bonds is 3. The number of Topliss-reactive ketones (excluding diaryl/α,β-unsaturated/α-hetero) is 1. The zero-order valence-electron chi connectivity index (χ0n) is 7.39. The molecule has 1 aliphatic heterocycles. The van der Waals surface area contributed by atoms with Gasteiger partial charge in [0.2, 0.25) is 0 Å². The molecule has 1 fully saturated rings. The van der Waals surface area contributed by atoms with Crippen LogP contribution in [0, 0.1) is 5.92 Å². The van der Waals surface area contributed by atoms with E-state index in [1.54, 1.807) is 0 Å². The molecule has 1 atom stereocenters. The first-order valence-corrected chi connectivity index (χ1v) is 4.46. The monoisotopic (exact) mass is 157 g/mol. The zero-order chi connectivity index (χ0) is 8.27. The lowest BCUT2D eigenvalue weighted by Crippen LogP contribution is -2.26. The maximum absolute atomic E-state index is 11.3. The average molecular weight is 157 g/mol. The molecule has 1 N–H and O–H groups in total. The summed E-state index contributed by atoms with van der Waals surface area (Å²) in [5.41, 5.74) is 0. The molecule has 0 aliphatic carbocycles. The topological polar surface area (TPSA) is 29.1 Å². The molecule has 1 heterocycles. The normalized spacial score (nSPS) is 24.5. The van der Waals surface area contributed by atoms with E-state index < -0.39 is 0 Å². The van der Waals surface area contributed by atoms with Crippen LogP contribution >= 0.6 is 0 Å². The molecule has 0 aromatic heterocycles. The summed E-state index contributed by atoms with van der Waals surface area (Å²) in [4.78, 5) is 11.3. The molecule has 2 nitrogen and oxygen atoms in total. The van der Waals surface area contributed by atoms with Crippen molar-refractivity contribution in [1.29, 1.82) is 0 Å². The molecule has 0 aromatic rings. The second-order valence-electron chi connectivity index (χ2n) is 3.62. The van der Waals surface area contributed by atoms with Gasteiger partial charge in [0.15, 0.2) is 0 Å². The molecule has 11 heavy (non-hydrogen) atoms. The first-order chi connectivity index (χ1) is 5.20. The van der Waals surface area contributed by atoms with Gasteiger partial charge in [0.1, 0.15) is 5.78 Å². The lowest BCUT2D eigenvalue weighted by atomic mass is 10.0. The second kappa shape index (κ2) is 3.86. The van der Waals surface area contributed by atoms with Gasteiger partial charge in [-0.25, -0.2) is 0 Å². The average Bonchev–Trinajstić information content (AvgIpc) is 2.39. The Kier molecular flexibility index (Phi) is 3.06. The van der Waals surface area contributed by atoms with E-state index in [1.165, 1.54) is 12.8 Å². The van der Waals surface area contributed by atoms with Crippen LogP contribution in [0.1, 0.15) is 34.5 Å². The molecule has 1 unspecified atom stereocenters. The van der Waals surface area contributed by atoms with Crippen LogP contribution < -0.4 is 5.32 Å². The third kappa shape index (κ3) is 2.62. The second-order valence-corrected chi connectivity index (χ2v) is 3.62. The molecule has 66 valence electrons. The van der Waals surface area contributed by atoms with Gasteiger partial charge >= 0.3 is 0 Å². The van der Waals surface area contributed by atoms with Gasteiger partial charge in [0.05, 0.1) is 0 Å². The first kappa shape index (κ1) is 8.72.